The number of nitrogens with one attached hydrogen (secondary N) is 1. The molecule has 0 saturated carbocycles. The van der Waals surface area contributed by atoms with Crippen molar-refractivity contribution in [2.24, 2.45) is 0 Å². The van der Waals surface area contributed by atoms with Gasteiger partial charge in [0.1, 0.15) is 5.82 Å². The highest BCUT2D eigenvalue weighted by Gasteiger charge is 2.35. The molecule has 0 radical (unpaired) electrons. The van der Waals surface area contributed by atoms with Gasteiger partial charge in [-0.25, -0.2) is 12.8 Å². The highest BCUT2D eigenvalue weighted by Crippen LogP contribution is 2.41. The summed E-state index contributed by atoms with van der Waals surface area (Å²) in [6, 6.07) is 16.6. The number of hydrogen-bond donors (Lipinski definition) is 1. The van der Waals surface area contributed by atoms with Crippen molar-refractivity contribution in [3.8, 4) is 0 Å². The van der Waals surface area contributed by atoms with Crippen LogP contribution < -0.4 is 9.62 Å². The van der Waals surface area contributed by atoms with Crippen LogP contribution >= 0.6 is 0 Å². The van der Waals surface area contributed by atoms with Crippen LogP contribution in [-0.4, -0.2) is 20.9 Å². The van der Waals surface area contributed by atoms with Gasteiger partial charge in [-0.05, 0) is 36.1 Å². The molecule has 4 rings (SSSR count). The van der Waals surface area contributed by atoms with Crippen LogP contribution in [0.4, 0.5) is 15.8 Å². The lowest BCUT2D eigenvalue weighted by atomic mass is 10.1. The van der Waals surface area contributed by atoms with E-state index in [9.17, 15) is 17.6 Å². The number of nitrogens with zero attached hydrogens (tertiary/aromatic N) is 1. The molecule has 27 heavy (non-hydrogen) atoms. The van der Waals surface area contributed by atoms with Gasteiger partial charge in [-0.2, -0.15) is 0 Å². The summed E-state index contributed by atoms with van der Waals surface area (Å²) >= 11 is 0. The normalized spacial score (nSPS) is 14.5. The maximum atomic E-state index is 13.6. The molecule has 7 heteroatoms. The third kappa shape index (κ3) is 3.04. The number of sulfonamides is 1. The summed E-state index contributed by atoms with van der Waals surface area (Å²) in [5, 5.41) is 4.10. The first-order valence-corrected chi connectivity index (χ1v) is 10.0. The molecule has 138 valence electrons. The van der Waals surface area contributed by atoms with Gasteiger partial charge in [0.05, 0.1) is 16.3 Å². The highest BCUT2D eigenvalue weighted by molar-refractivity contribution is 7.93. The Labute approximate surface area is 156 Å². The van der Waals surface area contributed by atoms with Crippen molar-refractivity contribution < 1.29 is 17.6 Å². The number of para-hydroxylation sites is 1. The van der Waals surface area contributed by atoms with Crippen molar-refractivity contribution in [1.29, 1.82) is 0 Å². The molecule has 1 amide bonds. The molecule has 0 aliphatic carbocycles. The molecular weight excluding hydrogens is 367 g/mol. The van der Waals surface area contributed by atoms with Crippen molar-refractivity contribution in [3.05, 3.63) is 66.5 Å². The van der Waals surface area contributed by atoms with Crippen molar-refractivity contribution in [2.75, 3.05) is 16.2 Å². The Hall–Kier alpha value is -2.93. The summed E-state index contributed by atoms with van der Waals surface area (Å²) < 4.78 is 40.6. The van der Waals surface area contributed by atoms with E-state index in [4.69, 9.17) is 0 Å². The molecule has 1 aliphatic heterocycles. The minimum absolute atomic E-state index is 0.0900. The predicted octanol–water partition coefficient (Wildman–Crippen LogP) is 3.91. The molecule has 0 unspecified atom stereocenters. The van der Waals surface area contributed by atoms with Gasteiger partial charge in [0, 0.05) is 18.4 Å². The Kier molecular flexibility index (Phi) is 4.31. The monoisotopic (exact) mass is 384 g/mol. The molecule has 1 heterocycles. The second-order valence-corrected chi connectivity index (χ2v) is 8.17. The Morgan fingerprint density at radius 3 is 2.52 bits per heavy atom. The summed E-state index contributed by atoms with van der Waals surface area (Å²) in [6.07, 6.45) is 0.413. The van der Waals surface area contributed by atoms with E-state index in [-0.39, 0.29) is 24.6 Å². The number of carbonyl (C=O) groups is 1. The standard InChI is InChI=1S/C20H17FN2O3S/c21-15-8-1-2-9-16(15)22-19(24)12-5-13-23-17-10-3-6-14-7-4-11-18(20(14)17)27(23,25)26/h1-4,6-11H,5,12-13H2,(H,22,24). The smallest absolute Gasteiger partial charge is 0.265 e. The van der Waals surface area contributed by atoms with E-state index >= 15 is 0 Å². The fourth-order valence-corrected chi connectivity index (χ4v) is 5.11. The largest absolute Gasteiger partial charge is 0.324 e. The van der Waals surface area contributed by atoms with Crippen LogP contribution in [0.15, 0.2) is 65.6 Å². The van der Waals surface area contributed by atoms with E-state index < -0.39 is 15.8 Å². The maximum absolute atomic E-state index is 13.6. The van der Waals surface area contributed by atoms with Crippen LogP contribution in [-0.2, 0) is 14.8 Å². The van der Waals surface area contributed by atoms with Crippen LogP contribution in [0, 0.1) is 5.82 Å². The fourth-order valence-electron chi connectivity index (χ4n) is 3.36. The van der Waals surface area contributed by atoms with Gasteiger partial charge < -0.3 is 5.32 Å². The van der Waals surface area contributed by atoms with Crippen LogP contribution in [0.3, 0.4) is 0 Å². The number of carbonyl (C=O) groups excluding carboxylic acids is 1. The molecule has 0 atom stereocenters. The summed E-state index contributed by atoms with van der Waals surface area (Å²) in [4.78, 5) is 12.4. The second-order valence-electron chi connectivity index (χ2n) is 6.34. The summed E-state index contributed by atoms with van der Waals surface area (Å²) in [6.45, 7) is 0.181. The number of amides is 1. The van der Waals surface area contributed by atoms with Gasteiger partial charge in [-0.3, -0.25) is 9.10 Å². The lowest BCUT2D eigenvalue weighted by Gasteiger charge is -2.18. The van der Waals surface area contributed by atoms with E-state index in [1.54, 1.807) is 30.3 Å². The van der Waals surface area contributed by atoms with Gasteiger partial charge >= 0.3 is 0 Å². The molecule has 3 aromatic carbocycles. The third-order valence-corrected chi connectivity index (χ3v) is 6.45. The molecular formula is C20H17FN2O3S. The zero-order valence-corrected chi connectivity index (χ0v) is 15.2. The Balaban J connectivity index is 1.47. The number of benzene rings is 3. The first-order valence-electron chi connectivity index (χ1n) is 8.57. The SMILES string of the molecule is O=C(CCCN1c2cccc3cccc(c23)S1(=O)=O)Nc1ccccc1F. The minimum Gasteiger partial charge on any atom is -0.324 e. The lowest BCUT2D eigenvalue weighted by Crippen LogP contribution is -2.29. The Bertz CT molecular complexity index is 1140. The predicted molar refractivity (Wildman–Crippen MR) is 103 cm³/mol. The summed E-state index contributed by atoms with van der Waals surface area (Å²) in [5.74, 6) is -0.859. The van der Waals surface area contributed by atoms with Crippen molar-refractivity contribution in [2.45, 2.75) is 17.7 Å². The van der Waals surface area contributed by atoms with Crippen molar-refractivity contribution in [3.63, 3.8) is 0 Å². The summed E-state index contributed by atoms with van der Waals surface area (Å²) in [5.41, 5.74) is 0.756. The lowest BCUT2D eigenvalue weighted by molar-refractivity contribution is -0.116. The molecule has 1 N–H and O–H groups in total. The number of anilines is 2. The number of hydrogen-bond acceptors (Lipinski definition) is 3. The van der Waals surface area contributed by atoms with Crippen molar-refractivity contribution >= 4 is 38.1 Å². The molecule has 3 aromatic rings. The van der Waals surface area contributed by atoms with Gasteiger partial charge in [0.25, 0.3) is 10.0 Å². The quantitative estimate of drug-likeness (QED) is 0.725. The highest BCUT2D eigenvalue weighted by atomic mass is 32.2. The molecule has 0 saturated heterocycles. The number of rotatable bonds is 5. The average Bonchev–Trinajstić information content (AvgIpc) is 2.87. The molecule has 0 spiro atoms. The molecule has 1 aliphatic rings. The van der Waals surface area contributed by atoms with Crippen LogP contribution in [0.2, 0.25) is 0 Å². The Morgan fingerprint density at radius 2 is 1.74 bits per heavy atom. The van der Waals surface area contributed by atoms with Crippen molar-refractivity contribution in [1.82, 2.24) is 0 Å². The topological polar surface area (TPSA) is 66.5 Å². The van der Waals surface area contributed by atoms with Gasteiger partial charge in [-0.15, -0.1) is 0 Å². The van der Waals surface area contributed by atoms with Crippen LogP contribution in [0.1, 0.15) is 12.8 Å². The average molecular weight is 384 g/mol. The first-order chi connectivity index (χ1) is 13.0. The number of halogens is 1. The fraction of sp³-hybridized carbons (Fsp3) is 0.150. The zero-order chi connectivity index (χ0) is 19.0. The van der Waals surface area contributed by atoms with Crippen LogP contribution in [0.25, 0.3) is 10.8 Å². The minimum atomic E-state index is -3.62. The van der Waals surface area contributed by atoms with E-state index in [0.717, 1.165) is 10.8 Å². The molecule has 0 bridgehead atoms. The molecule has 0 fully saturated rings. The van der Waals surface area contributed by atoms with Gasteiger partial charge in [0.2, 0.25) is 5.91 Å². The van der Waals surface area contributed by atoms with Gasteiger partial charge in [-0.1, -0.05) is 36.4 Å². The van der Waals surface area contributed by atoms with E-state index in [1.807, 2.05) is 18.2 Å². The van der Waals surface area contributed by atoms with E-state index in [2.05, 4.69) is 5.32 Å². The summed E-state index contributed by atoms with van der Waals surface area (Å²) in [7, 11) is -3.62. The van der Waals surface area contributed by atoms with E-state index in [1.165, 1.54) is 16.4 Å². The molecule has 5 nitrogen and oxygen atoms in total. The van der Waals surface area contributed by atoms with Crippen LogP contribution in [0.5, 0.6) is 0 Å². The third-order valence-electron chi connectivity index (χ3n) is 4.59. The second kappa shape index (κ2) is 6.66. The molecule has 0 aromatic heterocycles. The zero-order valence-electron chi connectivity index (χ0n) is 14.4. The van der Waals surface area contributed by atoms with E-state index in [0.29, 0.717) is 17.0 Å². The van der Waals surface area contributed by atoms with Gasteiger partial charge in [0.15, 0.2) is 0 Å². The first kappa shape index (κ1) is 17.5. The Morgan fingerprint density at radius 1 is 1.00 bits per heavy atom. The maximum Gasteiger partial charge on any atom is 0.265 e.